The lowest BCUT2D eigenvalue weighted by molar-refractivity contribution is 0.400. The summed E-state index contributed by atoms with van der Waals surface area (Å²) in [5.74, 6) is 1.49. The number of nitrogens with one attached hydrogen (secondary N) is 1. The lowest BCUT2D eigenvalue weighted by atomic mass is 9.81. The van der Waals surface area contributed by atoms with Gasteiger partial charge in [-0.3, -0.25) is 0 Å². The standard InChI is InChI=1S/C13H19N/c1-3-10(2)13-9-14-8-11-6-4-5-7-12(11)13/h4-7,10,13-14H,3,8-9H2,1-2H3. The summed E-state index contributed by atoms with van der Waals surface area (Å²) < 4.78 is 0. The molecular weight excluding hydrogens is 170 g/mol. The van der Waals surface area contributed by atoms with Crippen molar-refractivity contribution in [1.82, 2.24) is 5.32 Å². The summed E-state index contributed by atoms with van der Waals surface area (Å²) in [6.07, 6.45) is 1.26. The molecule has 1 nitrogen and oxygen atoms in total. The number of fused-ring (bicyclic) bond motifs is 1. The van der Waals surface area contributed by atoms with Gasteiger partial charge in [-0.2, -0.15) is 0 Å². The molecule has 2 atom stereocenters. The topological polar surface area (TPSA) is 12.0 Å². The number of benzene rings is 1. The Balaban J connectivity index is 2.30. The number of hydrogen-bond donors (Lipinski definition) is 1. The zero-order chi connectivity index (χ0) is 9.97. The maximum atomic E-state index is 3.51. The van der Waals surface area contributed by atoms with Gasteiger partial charge in [0.05, 0.1) is 0 Å². The normalized spacial score (nSPS) is 22.9. The Kier molecular flexibility index (Phi) is 2.87. The van der Waals surface area contributed by atoms with Gasteiger partial charge in [0.2, 0.25) is 0 Å². The van der Waals surface area contributed by atoms with E-state index in [0.717, 1.165) is 19.0 Å². The highest BCUT2D eigenvalue weighted by molar-refractivity contribution is 5.33. The van der Waals surface area contributed by atoms with Crippen molar-refractivity contribution in [2.75, 3.05) is 6.54 Å². The van der Waals surface area contributed by atoms with Gasteiger partial charge in [0.15, 0.2) is 0 Å². The van der Waals surface area contributed by atoms with Gasteiger partial charge in [0, 0.05) is 13.1 Å². The second-order valence-corrected chi connectivity index (χ2v) is 4.32. The molecule has 0 fully saturated rings. The SMILES string of the molecule is CCC(C)C1CNCc2ccccc21. The Morgan fingerprint density at radius 3 is 3.00 bits per heavy atom. The molecule has 76 valence electrons. The summed E-state index contributed by atoms with van der Waals surface area (Å²) in [5, 5.41) is 3.51. The van der Waals surface area contributed by atoms with Gasteiger partial charge >= 0.3 is 0 Å². The molecule has 2 unspecified atom stereocenters. The molecule has 1 aromatic rings. The van der Waals surface area contributed by atoms with Crippen LogP contribution in [0.3, 0.4) is 0 Å². The summed E-state index contributed by atoms with van der Waals surface area (Å²) in [4.78, 5) is 0. The third-order valence-electron chi connectivity index (χ3n) is 3.47. The van der Waals surface area contributed by atoms with E-state index in [0.29, 0.717) is 5.92 Å². The van der Waals surface area contributed by atoms with E-state index in [2.05, 4.69) is 43.4 Å². The van der Waals surface area contributed by atoms with Crippen LogP contribution in [0, 0.1) is 5.92 Å². The van der Waals surface area contributed by atoms with Crippen molar-refractivity contribution >= 4 is 0 Å². The smallest absolute Gasteiger partial charge is 0.0208 e. The van der Waals surface area contributed by atoms with E-state index in [4.69, 9.17) is 0 Å². The van der Waals surface area contributed by atoms with Crippen LogP contribution in [0.5, 0.6) is 0 Å². The Morgan fingerprint density at radius 2 is 2.21 bits per heavy atom. The molecule has 14 heavy (non-hydrogen) atoms. The van der Waals surface area contributed by atoms with Crippen LogP contribution < -0.4 is 5.32 Å². The lowest BCUT2D eigenvalue weighted by Crippen LogP contribution is -2.31. The first-order chi connectivity index (χ1) is 6.83. The molecule has 0 radical (unpaired) electrons. The number of hydrogen-bond acceptors (Lipinski definition) is 1. The van der Waals surface area contributed by atoms with E-state index < -0.39 is 0 Å². The molecule has 0 amide bonds. The van der Waals surface area contributed by atoms with Crippen LogP contribution in [0.25, 0.3) is 0 Å². The van der Waals surface area contributed by atoms with E-state index in [1.54, 1.807) is 5.56 Å². The van der Waals surface area contributed by atoms with Crippen molar-refractivity contribution in [1.29, 1.82) is 0 Å². The molecule has 1 N–H and O–H groups in total. The Bertz CT molecular complexity index is 306. The van der Waals surface area contributed by atoms with E-state index in [1.165, 1.54) is 12.0 Å². The van der Waals surface area contributed by atoms with Crippen LogP contribution in [0.4, 0.5) is 0 Å². The fourth-order valence-electron chi connectivity index (χ4n) is 2.32. The van der Waals surface area contributed by atoms with Crippen LogP contribution in [-0.2, 0) is 6.54 Å². The first-order valence-corrected chi connectivity index (χ1v) is 5.61. The van der Waals surface area contributed by atoms with Gasteiger partial charge < -0.3 is 5.32 Å². The van der Waals surface area contributed by atoms with Crippen LogP contribution in [0.15, 0.2) is 24.3 Å². The molecule has 1 aliphatic heterocycles. The molecule has 1 aliphatic rings. The first-order valence-electron chi connectivity index (χ1n) is 5.61. The summed E-state index contributed by atoms with van der Waals surface area (Å²) >= 11 is 0. The third kappa shape index (κ3) is 1.69. The minimum atomic E-state index is 0.713. The highest BCUT2D eigenvalue weighted by Crippen LogP contribution is 2.31. The van der Waals surface area contributed by atoms with Crippen molar-refractivity contribution in [2.45, 2.75) is 32.7 Å². The monoisotopic (exact) mass is 189 g/mol. The van der Waals surface area contributed by atoms with Crippen molar-refractivity contribution in [3.8, 4) is 0 Å². The van der Waals surface area contributed by atoms with Crippen molar-refractivity contribution in [3.63, 3.8) is 0 Å². The second kappa shape index (κ2) is 4.14. The molecule has 0 aliphatic carbocycles. The average molecular weight is 189 g/mol. The van der Waals surface area contributed by atoms with E-state index in [9.17, 15) is 0 Å². The third-order valence-corrected chi connectivity index (χ3v) is 3.47. The predicted octanol–water partition coefficient (Wildman–Crippen LogP) is 2.92. The van der Waals surface area contributed by atoms with Crippen molar-refractivity contribution in [2.24, 2.45) is 5.92 Å². The van der Waals surface area contributed by atoms with E-state index in [-0.39, 0.29) is 0 Å². The van der Waals surface area contributed by atoms with Gasteiger partial charge in [-0.1, -0.05) is 44.5 Å². The minimum Gasteiger partial charge on any atom is -0.312 e. The van der Waals surface area contributed by atoms with Crippen molar-refractivity contribution in [3.05, 3.63) is 35.4 Å². The summed E-state index contributed by atoms with van der Waals surface area (Å²) in [6.45, 7) is 6.82. The van der Waals surface area contributed by atoms with Crippen LogP contribution >= 0.6 is 0 Å². The lowest BCUT2D eigenvalue weighted by Gasteiger charge is -2.30. The average Bonchev–Trinajstić information content (AvgIpc) is 2.27. The maximum absolute atomic E-state index is 3.51. The summed E-state index contributed by atoms with van der Waals surface area (Å²) in [6, 6.07) is 8.85. The molecule has 0 bridgehead atoms. The molecule has 0 saturated carbocycles. The summed E-state index contributed by atoms with van der Waals surface area (Å²) in [7, 11) is 0. The molecule has 1 aromatic carbocycles. The fraction of sp³-hybridized carbons (Fsp3) is 0.538. The Labute approximate surface area is 86.5 Å². The quantitative estimate of drug-likeness (QED) is 0.754. The van der Waals surface area contributed by atoms with E-state index >= 15 is 0 Å². The Morgan fingerprint density at radius 1 is 1.43 bits per heavy atom. The Hall–Kier alpha value is -0.820. The van der Waals surface area contributed by atoms with Crippen LogP contribution in [0.1, 0.15) is 37.3 Å². The van der Waals surface area contributed by atoms with Gasteiger partial charge in [0.25, 0.3) is 0 Å². The highest BCUT2D eigenvalue weighted by Gasteiger charge is 2.23. The largest absolute Gasteiger partial charge is 0.312 e. The minimum absolute atomic E-state index is 0.713. The molecular formula is C13H19N. The first kappa shape index (κ1) is 9.72. The molecule has 0 saturated heterocycles. The maximum Gasteiger partial charge on any atom is 0.0208 e. The number of rotatable bonds is 2. The predicted molar refractivity (Wildman–Crippen MR) is 60.3 cm³/mol. The van der Waals surface area contributed by atoms with Gasteiger partial charge in [-0.05, 0) is 23.0 Å². The van der Waals surface area contributed by atoms with Crippen molar-refractivity contribution < 1.29 is 0 Å². The highest BCUT2D eigenvalue weighted by atomic mass is 14.9. The fourth-order valence-corrected chi connectivity index (χ4v) is 2.32. The molecule has 0 spiro atoms. The molecule has 1 heterocycles. The molecule has 2 rings (SSSR count). The molecule has 1 heteroatoms. The molecule has 0 aromatic heterocycles. The van der Waals surface area contributed by atoms with E-state index in [1.807, 2.05) is 0 Å². The van der Waals surface area contributed by atoms with Crippen LogP contribution in [0.2, 0.25) is 0 Å². The zero-order valence-electron chi connectivity index (χ0n) is 9.09. The van der Waals surface area contributed by atoms with Gasteiger partial charge in [0.1, 0.15) is 0 Å². The van der Waals surface area contributed by atoms with Crippen LogP contribution in [-0.4, -0.2) is 6.54 Å². The summed E-state index contributed by atoms with van der Waals surface area (Å²) in [5.41, 5.74) is 3.06. The zero-order valence-corrected chi connectivity index (χ0v) is 9.09. The second-order valence-electron chi connectivity index (χ2n) is 4.32. The van der Waals surface area contributed by atoms with Gasteiger partial charge in [-0.25, -0.2) is 0 Å². The van der Waals surface area contributed by atoms with Gasteiger partial charge in [-0.15, -0.1) is 0 Å².